The Kier molecular flexibility index (Phi) is 1.50. The normalized spacial score (nSPS) is 22.9. The fourth-order valence-electron chi connectivity index (χ4n) is 1.02. The minimum Gasteiger partial charge on any atom is -0.103 e. The van der Waals surface area contributed by atoms with Gasteiger partial charge in [-0.25, -0.2) is 0 Å². The summed E-state index contributed by atoms with van der Waals surface area (Å²) >= 11 is 0. The first kappa shape index (κ1) is 4.89. The highest BCUT2D eigenvalue weighted by molar-refractivity contribution is 4.94. The zero-order valence-corrected chi connectivity index (χ0v) is 4.56. The van der Waals surface area contributed by atoms with Crippen LogP contribution in [0.25, 0.3) is 0 Å². The van der Waals surface area contributed by atoms with E-state index in [1.807, 2.05) is 6.08 Å². The third kappa shape index (κ3) is 1.05. The van der Waals surface area contributed by atoms with E-state index >= 15 is 0 Å². The van der Waals surface area contributed by atoms with E-state index in [0.29, 0.717) is 0 Å². The minimum atomic E-state index is 0.736. The van der Waals surface area contributed by atoms with E-state index in [1.54, 1.807) is 0 Å². The molecule has 1 unspecified atom stereocenters. The van der Waals surface area contributed by atoms with Gasteiger partial charge in [-0.1, -0.05) is 12.5 Å². The highest BCUT2D eigenvalue weighted by Gasteiger charge is 2.09. The summed E-state index contributed by atoms with van der Waals surface area (Å²) in [6.07, 6.45) is 8.39. The van der Waals surface area contributed by atoms with Crippen molar-refractivity contribution in [3.05, 3.63) is 19.1 Å². The van der Waals surface area contributed by atoms with Gasteiger partial charge in [0.05, 0.1) is 0 Å². The summed E-state index contributed by atoms with van der Waals surface area (Å²) in [6.45, 7) is 3.71. The molecular weight excluding hydrogens is 84.1 g/mol. The van der Waals surface area contributed by atoms with E-state index < -0.39 is 0 Å². The zero-order valence-electron chi connectivity index (χ0n) is 4.56. The molecule has 1 fully saturated rings. The van der Waals surface area contributed by atoms with Crippen molar-refractivity contribution in [3.63, 3.8) is 0 Å². The molecule has 1 atom stereocenters. The molecule has 0 saturated heterocycles. The van der Waals surface area contributed by atoms with Gasteiger partial charge >= 0.3 is 0 Å². The number of hydrogen-bond acceptors (Lipinski definition) is 0. The largest absolute Gasteiger partial charge is 0.103 e. The van der Waals surface area contributed by atoms with E-state index in [1.165, 1.54) is 19.3 Å². The second kappa shape index (κ2) is 2.15. The van der Waals surface area contributed by atoms with Gasteiger partial charge in [-0.3, -0.25) is 0 Å². The van der Waals surface area contributed by atoms with Crippen molar-refractivity contribution in [1.29, 1.82) is 0 Å². The van der Waals surface area contributed by atoms with Crippen LogP contribution in [0.3, 0.4) is 0 Å². The summed E-state index contributed by atoms with van der Waals surface area (Å²) in [5.41, 5.74) is 0. The van der Waals surface area contributed by atoms with Crippen LogP contribution in [-0.2, 0) is 0 Å². The van der Waals surface area contributed by atoms with Crippen LogP contribution < -0.4 is 0 Å². The predicted molar refractivity (Wildman–Crippen MR) is 31.8 cm³/mol. The van der Waals surface area contributed by atoms with Gasteiger partial charge in [-0.15, -0.1) is 6.58 Å². The molecule has 0 heteroatoms. The molecule has 1 saturated carbocycles. The molecule has 0 aromatic heterocycles. The fourth-order valence-corrected chi connectivity index (χ4v) is 1.02. The highest BCUT2D eigenvalue weighted by Crippen LogP contribution is 2.23. The number of hydrogen-bond donors (Lipinski definition) is 0. The predicted octanol–water partition coefficient (Wildman–Crippen LogP) is 2.18. The van der Waals surface area contributed by atoms with Crippen molar-refractivity contribution in [1.82, 2.24) is 0 Å². The first-order valence-corrected chi connectivity index (χ1v) is 2.89. The monoisotopic (exact) mass is 95.1 g/mol. The SMILES string of the molecule is C=CC1[CH]CCC1. The molecule has 0 nitrogen and oxygen atoms in total. The number of allylic oxidation sites excluding steroid dienone is 1. The average Bonchev–Trinajstić information content (AvgIpc) is 2.14. The van der Waals surface area contributed by atoms with Crippen LogP contribution in [0.2, 0.25) is 0 Å². The Bertz CT molecular complexity index is 58.4. The second-order valence-electron chi connectivity index (χ2n) is 2.07. The average molecular weight is 95.2 g/mol. The quantitative estimate of drug-likeness (QED) is 0.438. The molecule has 0 aromatic rings. The molecule has 0 amide bonds. The maximum atomic E-state index is 3.71. The third-order valence-corrected chi connectivity index (χ3v) is 1.51. The van der Waals surface area contributed by atoms with Crippen molar-refractivity contribution in [2.24, 2.45) is 5.92 Å². The second-order valence-corrected chi connectivity index (χ2v) is 2.07. The molecule has 1 aliphatic rings. The van der Waals surface area contributed by atoms with Gasteiger partial charge in [0.15, 0.2) is 0 Å². The van der Waals surface area contributed by atoms with Crippen LogP contribution in [0.1, 0.15) is 19.3 Å². The van der Waals surface area contributed by atoms with Crippen molar-refractivity contribution in [3.8, 4) is 0 Å². The first-order valence-electron chi connectivity index (χ1n) is 2.89. The van der Waals surface area contributed by atoms with Gasteiger partial charge in [0.1, 0.15) is 0 Å². The molecule has 0 heterocycles. The molecule has 1 aliphatic carbocycles. The smallest absolute Gasteiger partial charge is 0.0205 e. The Morgan fingerprint density at radius 3 is 2.86 bits per heavy atom. The molecule has 0 N–H and O–H groups in total. The van der Waals surface area contributed by atoms with Gasteiger partial charge < -0.3 is 0 Å². The maximum Gasteiger partial charge on any atom is -0.0205 e. The summed E-state index contributed by atoms with van der Waals surface area (Å²) in [5.74, 6) is 0.736. The van der Waals surface area contributed by atoms with E-state index in [4.69, 9.17) is 0 Å². The Morgan fingerprint density at radius 1 is 1.71 bits per heavy atom. The Hall–Kier alpha value is -0.260. The highest BCUT2D eigenvalue weighted by atomic mass is 14.1. The van der Waals surface area contributed by atoms with E-state index in [9.17, 15) is 0 Å². The van der Waals surface area contributed by atoms with E-state index in [0.717, 1.165) is 5.92 Å². The topological polar surface area (TPSA) is 0 Å². The van der Waals surface area contributed by atoms with Gasteiger partial charge in [0.25, 0.3) is 0 Å². The lowest BCUT2D eigenvalue weighted by Gasteiger charge is -1.94. The van der Waals surface area contributed by atoms with Crippen LogP contribution >= 0.6 is 0 Å². The minimum absolute atomic E-state index is 0.736. The van der Waals surface area contributed by atoms with Crippen molar-refractivity contribution in [2.45, 2.75) is 19.3 Å². The van der Waals surface area contributed by atoms with Crippen LogP contribution in [0.4, 0.5) is 0 Å². The van der Waals surface area contributed by atoms with Crippen molar-refractivity contribution in [2.75, 3.05) is 0 Å². The summed E-state index contributed by atoms with van der Waals surface area (Å²) in [7, 11) is 0. The summed E-state index contributed by atoms with van der Waals surface area (Å²) in [4.78, 5) is 0. The lowest BCUT2D eigenvalue weighted by molar-refractivity contribution is 0.765. The van der Waals surface area contributed by atoms with Gasteiger partial charge in [0, 0.05) is 0 Å². The van der Waals surface area contributed by atoms with Crippen LogP contribution in [0.5, 0.6) is 0 Å². The first-order chi connectivity index (χ1) is 3.43. The lowest BCUT2D eigenvalue weighted by atomic mass is 10.1. The Balaban J connectivity index is 2.26. The van der Waals surface area contributed by atoms with E-state index in [-0.39, 0.29) is 0 Å². The van der Waals surface area contributed by atoms with Gasteiger partial charge in [-0.2, -0.15) is 0 Å². The standard InChI is InChI=1S/C7H11/c1-2-7-5-3-4-6-7/h2,5,7H,1,3-4,6H2. The molecule has 1 radical (unpaired) electrons. The van der Waals surface area contributed by atoms with Gasteiger partial charge in [-0.05, 0) is 25.2 Å². The molecule has 0 aromatic carbocycles. The number of rotatable bonds is 1. The van der Waals surface area contributed by atoms with Crippen LogP contribution in [0.15, 0.2) is 12.7 Å². The molecule has 0 spiro atoms. The Labute approximate surface area is 45.2 Å². The van der Waals surface area contributed by atoms with E-state index in [2.05, 4.69) is 13.0 Å². The summed E-state index contributed by atoms with van der Waals surface area (Å²) < 4.78 is 0. The molecule has 1 rings (SSSR count). The summed E-state index contributed by atoms with van der Waals surface area (Å²) in [5, 5.41) is 0. The maximum absolute atomic E-state index is 3.71. The van der Waals surface area contributed by atoms with Gasteiger partial charge in [0.2, 0.25) is 0 Å². The van der Waals surface area contributed by atoms with Crippen LogP contribution in [-0.4, -0.2) is 0 Å². The molecule has 0 bridgehead atoms. The zero-order chi connectivity index (χ0) is 5.11. The molecular formula is C7H11. The fraction of sp³-hybridized carbons (Fsp3) is 0.571. The van der Waals surface area contributed by atoms with Crippen molar-refractivity contribution < 1.29 is 0 Å². The molecule has 39 valence electrons. The molecule has 0 aliphatic heterocycles. The summed E-state index contributed by atoms with van der Waals surface area (Å²) in [6, 6.07) is 0. The Morgan fingerprint density at radius 2 is 2.57 bits per heavy atom. The lowest BCUT2D eigenvalue weighted by Crippen LogP contribution is -1.83. The van der Waals surface area contributed by atoms with Crippen molar-refractivity contribution >= 4 is 0 Å². The third-order valence-electron chi connectivity index (χ3n) is 1.51. The van der Waals surface area contributed by atoms with Crippen LogP contribution in [0, 0.1) is 12.3 Å². The molecule has 7 heavy (non-hydrogen) atoms.